The molecule has 156 valence electrons. The Labute approximate surface area is 169 Å². The van der Waals surface area contributed by atoms with Crippen molar-refractivity contribution in [1.29, 1.82) is 0 Å². The third kappa shape index (κ3) is 6.37. The highest BCUT2D eigenvalue weighted by Gasteiger charge is 2.19. The summed E-state index contributed by atoms with van der Waals surface area (Å²) < 4.78 is 41.0. The first-order valence-corrected chi connectivity index (χ1v) is 10.5. The first-order chi connectivity index (χ1) is 13.6. The van der Waals surface area contributed by atoms with Crippen molar-refractivity contribution in [3.8, 4) is 0 Å². The van der Waals surface area contributed by atoms with E-state index in [1.165, 1.54) is 49.5 Å². The number of sulfonamides is 1. The Bertz CT molecular complexity index is 1010. The Morgan fingerprint density at radius 1 is 1.14 bits per heavy atom. The fraction of sp³-hybridized carbons (Fsp3) is 0.300. The molecule has 0 heterocycles. The summed E-state index contributed by atoms with van der Waals surface area (Å²) in [7, 11) is -2.35. The van der Waals surface area contributed by atoms with Gasteiger partial charge in [0.2, 0.25) is 15.9 Å². The smallest absolute Gasteiger partial charge is 0.255 e. The zero-order valence-corrected chi connectivity index (χ0v) is 17.3. The first kappa shape index (κ1) is 22.5. The zero-order valence-electron chi connectivity index (χ0n) is 16.5. The minimum atomic E-state index is -3.87. The van der Waals surface area contributed by atoms with Crippen molar-refractivity contribution < 1.29 is 22.4 Å². The fourth-order valence-electron chi connectivity index (χ4n) is 2.59. The van der Waals surface area contributed by atoms with E-state index in [0.29, 0.717) is 17.7 Å². The second-order valence-corrected chi connectivity index (χ2v) is 8.39. The van der Waals surface area contributed by atoms with Crippen molar-refractivity contribution in [2.45, 2.75) is 37.6 Å². The molecule has 1 unspecified atom stereocenters. The molecule has 0 aliphatic heterocycles. The molecule has 2 aromatic rings. The van der Waals surface area contributed by atoms with E-state index in [2.05, 4.69) is 15.4 Å². The van der Waals surface area contributed by atoms with E-state index < -0.39 is 22.0 Å². The summed E-state index contributed by atoms with van der Waals surface area (Å²) in [6.45, 7) is 3.24. The van der Waals surface area contributed by atoms with Crippen molar-refractivity contribution >= 4 is 27.5 Å². The van der Waals surface area contributed by atoms with Gasteiger partial charge in [-0.05, 0) is 62.2 Å². The normalized spacial score (nSPS) is 12.3. The molecule has 3 N–H and O–H groups in total. The van der Waals surface area contributed by atoms with Gasteiger partial charge in [-0.15, -0.1) is 0 Å². The molecule has 0 aliphatic rings. The van der Waals surface area contributed by atoms with E-state index in [-0.39, 0.29) is 28.6 Å². The van der Waals surface area contributed by atoms with Crippen molar-refractivity contribution in [2.75, 3.05) is 12.4 Å². The number of rotatable bonds is 8. The Kier molecular flexibility index (Phi) is 7.46. The highest BCUT2D eigenvalue weighted by Crippen LogP contribution is 2.17. The third-order valence-corrected chi connectivity index (χ3v) is 5.85. The minimum Gasteiger partial charge on any atom is -0.359 e. The van der Waals surface area contributed by atoms with Crippen LogP contribution in [0.15, 0.2) is 47.4 Å². The SMILES string of the molecule is CNC(=O)CCC(C)NS(=O)(=O)c1cccc(C(=O)Nc2ccc(F)c(C)c2)c1. The van der Waals surface area contributed by atoms with Gasteiger partial charge in [-0.2, -0.15) is 0 Å². The molecule has 29 heavy (non-hydrogen) atoms. The van der Waals surface area contributed by atoms with Crippen molar-refractivity contribution in [2.24, 2.45) is 0 Å². The van der Waals surface area contributed by atoms with Crippen LogP contribution in [0.4, 0.5) is 10.1 Å². The number of nitrogens with one attached hydrogen (secondary N) is 3. The molecule has 1 atom stereocenters. The molecule has 0 radical (unpaired) electrons. The second-order valence-electron chi connectivity index (χ2n) is 6.68. The Balaban J connectivity index is 2.11. The number of benzene rings is 2. The lowest BCUT2D eigenvalue weighted by Gasteiger charge is -2.14. The van der Waals surface area contributed by atoms with Crippen LogP contribution in [0.25, 0.3) is 0 Å². The maximum Gasteiger partial charge on any atom is 0.255 e. The molecule has 2 aromatic carbocycles. The van der Waals surface area contributed by atoms with Gasteiger partial charge in [-0.1, -0.05) is 6.07 Å². The Morgan fingerprint density at radius 2 is 1.86 bits per heavy atom. The number of aryl methyl sites for hydroxylation is 1. The molecule has 0 bridgehead atoms. The Hall–Kier alpha value is -2.78. The van der Waals surface area contributed by atoms with E-state index in [4.69, 9.17) is 0 Å². The lowest BCUT2D eigenvalue weighted by atomic mass is 10.2. The summed E-state index contributed by atoms with van der Waals surface area (Å²) in [4.78, 5) is 23.7. The fourth-order valence-corrected chi connectivity index (χ4v) is 3.92. The Morgan fingerprint density at radius 3 is 2.52 bits per heavy atom. The highest BCUT2D eigenvalue weighted by molar-refractivity contribution is 7.89. The van der Waals surface area contributed by atoms with Gasteiger partial charge in [0.1, 0.15) is 5.82 Å². The third-order valence-electron chi connectivity index (χ3n) is 4.26. The zero-order chi connectivity index (χ0) is 21.6. The van der Waals surface area contributed by atoms with Gasteiger partial charge in [0.05, 0.1) is 4.90 Å². The average molecular weight is 421 g/mol. The summed E-state index contributed by atoms with van der Waals surface area (Å²) in [6, 6.07) is 9.30. The van der Waals surface area contributed by atoms with Gasteiger partial charge >= 0.3 is 0 Å². The van der Waals surface area contributed by atoms with Gasteiger partial charge in [-0.25, -0.2) is 17.5 Å². The number of carbonyl (C=O) groups is 2. The van der Waals surface area contributed by atoms with Gasteiger partial charge < -0.3 is 10.6 Å². The van der Waals surface area contributed by atoms with E-state index in [0.717, 1.165) is 0 Å². The van der Waals surface area contributed by atoms with E-state index in [1.54, 1.807) is 13.8 Å². The summed E-state index contributed by atoms with van der Waals surface area (Å²) >= 11 is 0. The van der Waals surface area contributed by atoms with Crippen LogP contribution in [0.5, 0.6) is 0 Å². The number of anilines is 1. The molecule has 9 heteroatoms. The molecule has 7 nitrogen and oxygen atoms in total. The molecule has 2 rings (SSSR count). The number of amides is 2. The maximum absolute atomic E-state index is 13.4. The van der Waals surface area contributed by atoms with Crippen LogP contribution in [0, 0.1) is 12.7 Å². The van der Waals surface area contributed by atoms with Crippen LogP contribution in [-0.2, 0) is 14.8 Å². The molecule has 0 saturated carbocycles. The molecular weight excluding hydrogens is 397 g/mol. The minimum absolute atomic E-state index is 0.0628. The molecule has 0 fully saturated rings. The van der Waals surface area contributed by atoms with Crippen molar-refractivity contribution in [3.63, 3.8) is 0 Å². The molecule has 0 spiro atoms. The first-order valence-electron chi connectivity index (χ1n) is 9.03. The molecule has 0 saturated heterocycles. The monoisotopic (exact) mass is 421 g/mol. The van der Waals surface area contributed by atoms with E-state index in [1.807, 2.05) is 0 Å². The van der Waals surface area contributed by atoms with Gasteiger partial charge in [-0.3, -0.25) is 9.59 Å². The molecule has 0 aliphatic carbocycles. The van der Waals surface area contributed by atoms with Gasteiger partial charge in [0.15, 0.2) is 0 Å². The summed E-state index contributed by atoms with van der Waals surface area (Å²) in [6.07, 6.45) is 0.530. The quantitative estimate of drug-likeness (QED) is 0.609. The molecule has 2 amide bonds. The van der Waals surface area contributed by atoms with Crippen LogP contribution < -0.4 is 15.4 Å². The van der Waals surface area contributed by atoms with Crippen LogP contribution in [0.1, 0.15) is 35.7 Å². The van der Waals surface area contributed by atoms with Crippen LogP contribution in [0.2, 0.25) is 0 Å². The number of halogens is 1. The average Bonchev–Trinajstić information content (AvgIpc) is 2.68. The van der Waals surface area contributed by atoms with Crippen molar-refractivity contribution in [1.82, 2.24) is 10.0 Å². The highest BCUT2D eigenvalue weighted by atomic mass is 32.2. The maximum atomic E-state index is 13.4. The lowest BCUT2D eigenvalue weighted by molar-refractivity contribution is -0.120. The number of hydrogen-bond acceptors (Lipinski definition) is 4. The predicted octanol–water partition coefficient (Wildman–Crippen LogP) is 2.58. The van der Waals surface area contributed by atoms with Gasteiger partial charge in [0, 0.05) is 30.8 Å². The summed E-state index contributed by atoms with van der Waals surface area (Å²) in [5.74, 6) is -1.07. The standard InChI is InChI=1S/C20H24FN3O4S/c1-13-11-16(8-9-18(13)21)23-20(26)15-5-4-6-17(12-15)29(27,28)24-14(2)7-10-19(25)22-3/h4-6,8-9,11-12,14,24H,7,10H2,1-3H3,(H,22,25)(H,23,26). The van der Waals surface area contributed by atoms with Gasteiger partial charge in [0.25, 0.3) is 5.91 Å². The summed E-state index contributed by atoms with van der Waals surface area (Å²) in [5, 5.41) is 5.10. The number of carbonyl (C=O) groups excluding carboxylic acids is 2. The topological polar surface area (TPSA) is 104 Å². The van der Waals surface area contributed by atoms with Crippen molar-refractivity contribution in [3.05, 3.63) is 59.4 Å². The molecule has 0 aromatic heterocycles. The summed E-state index contributed by atoms with van der Waals surface area (Å²) in [5.41, 5.74) is 0.935. The second kappa shape index (κ2) is 9.62. The van der Waals surface area contributed by atoms with Crippen LogP contribution >= 0.6 is 0 Å². The van der Waals surface area contributed by atoms with Crippen LogP contribution in [-0.4, -0.2) is 33.3 Å². The largest absolute Gasteiger partial charge is 0.359 e. The van der Waals surface area contributed by atoms with E-state index >= 15 is 0 Å². The number of hydrogen-bond donors (Lipinski definition) is 3. The molecular formula is C20H24FN3O4S. The predicted molar refractivity (Wildman–Crippen MR) is 109 cm³/mol. The van der Waals surface area contributed by atoms with Crippen LogP contribution in [0.3, 0.4) is 0 Å². The lowest BCUT2D eigenvalue weighted by Crippen LogP contribution is -2.33. The van der Waals surface area contributed by atoms with E-state index in [9.17, 15) is 22.4 Å².